The summed E-state index contributed by atoms with van der Waals surface area (Å²) in [7, 11) is 1.70. The van der Waals surface area contributed by atoms with Crippen LogP contribution in [0.4, 0.5) is 51.2 Å². The average Bonchev–Trinajstić information content (AvgIpc) is 3.41. The van der Waals surface area contributed by atoms with Gasteiger partial charge in [-0.1, -0.05) is 159 Å². The molecule has 0 saturated carbocycles. The maximum Gasteiger partial charge on any atom is 0.119 e. The molecule has 0 aromatic heterocycles. The summed E-state index contributed by atoms with van der Waals surface area (Å²) in [6.45, 7) is 8.86. The van der Waals surface area contributed by atoms with Gasteiger partial charge >= 0.3 is 0 Å². The first-order chi connectivity index (χ1) is 33.9. The molecular formula is C65H59N3O. The summed E-state index contributed by atoms with van der Waals surface area (Å²) < 4.78 is 5.53. The number of hydrogen-bond donors (Lipinski definition) is 0. The number of methoxy groups -OCH3 is 1. The maximum absolute atomic E-state index is 5.53. The van der Waals surface area contributed by atoms with Crippen LogP contribution in [0.1, 0.15) is 58.4 Å². The van der Waals surface area contributed by atoms with E-state index in [1.807, 2.05) is 12.1 Å². The normalized spacial score (nSPS) is 11.3. The first-order valence-electron chi connectivity index (χ1n) is 24.0. The van der Waals surface area contributed by atoms with E-state index in [1.54, 1.807) is 7.11 Å². The third-order valence-electron chi connectivity index (χ3n) is 12.8. The second-order valence-electron chi connectivity index (χ2n) is 17.3. The molecule has 0 bridgehead atoms. The Morgan fingerprint density at radius 2 is 0.609 bits per heavy atom. The van der Waals surface area contributed by atoms with Crippen molar-refractivity contribution in [1.29, 1.82) is 0 Å². The number of anilines is 9. The Kier molecular flexibility index (Phi) is 14.3. The van der Waals surface area contributed by atoms with E-state index < -0.39 is 0 Å². The molecular weight excluding hydrogens is 839 g/mol. The van der Waals surface area contributed by atoms with Crippen molar-refractivity contribution in [3.05, 3.63) is 263 Å². The summed E-state index contributed by atoms with van der Waals surface area (Å²) in [6.07, 6.45) is 10.7. The third kappa shape index (κ3) is 10.5. The highest BCUT2D eigenvalue weighted by atomic mass is 16.5. The predicted molar refractivity (Wildman–Crippen MR) is 296 cm³/mol. The number of hydrogen-bond acceptors (Lipinski definition) is 4. The number of benzene rings is 9. The smallest absolute Gasteiger partial charge is 0.119 e. The molecule has 0 aliphatic heterocycles. The van der Waals surface area contributed by atoms with E-state index >= 15 is 0 Å². The fourth-order valence-electron chi connectivity index (χ4n) is 9.12. The van der Waals surface area contributed by atoms with Crippen molar-refractivity contribution in [1.82, 2.24) is 0 Å². The van der Waals surface area contributed by atoms with Crippen molar-refractivity contribution in [2.45, 2.75) is 40.5 Å². The highest BCUT2D eigenvalue weighted by Gasteiger charge is 2.19. The van der Waals surface area contributed by atoms with Gasteiger partial charge in [0, 0.05) is 39.8 Å². The van der Waals surface area contributed by atoms with Crippen molar-refractivity contribution < 1.29 is 4.74 Å². The molecule has 0 aliphatic rings. The Balaban J connectivity index is 0.928. The molecule has 9 aromatic rings. The van der Waals surface area contributed by atoms with Crippen LogP contribution in [0.25, 0.3) is 24.3 Å². The van der Waals surface area contributed by atoms with Gasteiger partial charge < -0.3 is 19.4 Å². The number of nitrogens with zero attached hydrogens (tertiary/aromatic N) is 3. The first-order valence-corrected chi connectivity index (χ1v) is 24.0. The molecule has 9 aromatic carbocycles. The predicted octanol–water partition coefficient (Wildman–Crippen LogP) is 18.2. The molecule has 0 spiro atoms. The molecule has 0 atom stereocenters. The Labute approximate surface area is 409 Å². The zero-order valence-electron chi connectivity index (χ0n) is 40.3. The Morgan fingerprint density at radius 3 is 0.913 bits per heavy atom. The maximum atomic E-state index is 5.53. The fourth-order valence-corrected chi connectivity index (χ4v) is 9.12. The summed E-state index contributed by atoms with van der Waals surface area (Å²) in [5.74, 6) is 0.822. The fraction of sp³-hybridized carbons (Fsp3) is 0.108. The van der Waals surface area contributed by atoms with Crippen LogP contribution in [-0.2, 0) is 12.8 Å². The lowest BCUT2D eigenvalue weighted by Crippen LogP contribution is -2.13. The highest BCUT2D eigenvalue weighted by molar-refractivity contribution is 5.84. The Bertz CT molecular complexity index is 2950. The summed E-state index contributed by atoms with van der Waals surface area (Å²) in [5.41, 5.74) is 19.9. The van der Waals surface area contributed by atoms with Gasteiger partial charge in [-0.2, -0.15) is 0 Å². The molecule has 0 radical (unpaired) electrons. The van der Waals surface area contributed by atoms with Crippen molar-refractivity contribution in [2.24, 2.45) is 0 Å². The molecule has 0 unspecified atom stereocenters. The minimum Gasteiger partial charge on any atom is -0.497 e. The monoisotopic (exact) mass is 897 g/mol. The van der Waals surface area contributed by atoms with Gasteiger partial charge in [-0.15, -0.1) is 0 Å². The van der Waals surface area contributed by atoms with Crippen LogP contribution < -0.4 is 19.4 Å². The topological polar surface area (TPSA) is 19.0 Å². The van der Waals surface area contributed by atoms with Gasteiger partial charge in [-0.25, -0.2) is 0 Å². The number of ether oxygens (including phenoxy) is 1. The number of para-hydroxylation sites is 4. The van der Waals surface area contributed by atoms with Crippen LogP contribution in [0.5, 0.6) is 5.75 Å². The Hall–Kier alpha value is -8.34. The van der Waals surface area contributed by atoms with Crippen LogP contribution in [0.2, 0.25) is 0 Å². The summed E-state index contributed by atoms with van der Waals surface area (Å²) in [5, 5.41) is 0. The van der Waals surface area contributed by atoms with E-state index in [1.165, 1.54) is 33.6 Å². The van der Waals surface area contributed by atoms with Gasteiger partial charge in [-0.3, -0.25) is 0 Å². The standard InChI is InChI=1S/C65H59N3O/c1-6-54-18-14-16-48(3)64(54)67(56-20-10-8-11-21-56)61-40-32-52(33-41-61)26-24-50-28-36-58(37-29-50)66(60-44-46-63(69-5)47-45-60)59-38-30-51(31-39-59)25-27-53-34-42-62(43-35-53)68(57-22-12-9-13-23-57)65-49(4)17-15-19-55(65)7-2/h8-47H,6-7H2,1-5H3. The molecule has 4 nitrogen and oxygen atoms in total. The number of rotatable bonds is 16. The van der Waals surface area contributed by atoms with Gasteiger partial charge in [0.25, 0.3) is 0 Å². The van der Waals surface area contributed by atoms with Crippen LogP contribution in [0, 0.1) is 13.8 Å². The molecule has 9 rings (SSSR count). The van der Waals surface area contributed by atoms with Crippen molar-refractivity contribution in [3.8, 4) is 5.75 Å². The van der Waals surface area contributed by atoms with Gasteiger partial charge in [0.15, 0.2) is 0 Å². The second-order valence-corrected chi connectivity index (χ2v) is 17.3. The Morgan fingerprint density at radius 1 is 0.319 bits per heavy atom. The quantitative estimate of drug-likeness (QED) is 0.0900. The largest absolute Gasteiger partial charge is 0.497 e. The first kappa shape index (κ1) is 45.8. The van der Waals surface area contributed by atoms with E-state index in [2.05, 4.69) is 273 Å². The van der Waals surface area contributed by atoms with Crippen LogP contribution >= 0.6 is 0 Å². The highest BCUT2D eigenvalue weighted by Crippen LogP contribution is 2.41. The minimum absolute atomic E-state index is 0.822. The molecule has 4 heteroatoms. The zero-order valence-corrected chi connectivity index (χ0v) is 40.3. The molecule has 0 heterocycles. The van der Waals surface area contributed by atoms with E-state index in [0.717, 1.165) is 80.7 Å². The van der Waals surface area contributed by atoms with Crippen LogP contribution in [-0.4, -0.2) is 7.11 Å². The van der Waals surface area contributed by atoms with E-state index in [-0.39, 0.29) is 0 Å². The summed E-state index contributed by atoms with van der Waals surface area (Å²) >= 11 is 0. The molecule has 0 amide bonds. The molecule has 0 saturated heterocycles. The lowest BCUT2D eigenvalue weighted by atomic mass is 10.0. The van der Waals surface area contributed by atoms with Crippen LogP contribution in [0.15, 0.2) is 218 Å². The average molecular weight is 898 g/mol. The van der Waals surface area contributed by atoms with E-state index in [9.17, 15) is 0 Å². The third-order valence-corrected chi connectivity index (χ3v) is 12.8. The summed E-state index contributed by atoms with van der Waals surface area (Å²) in [6, 6.07) is 77.9. The minimum atomic E-state index is 0.822. The molecule has 0 N–H and O–H groups in total. The van der Waals surface area contributed by atoms with Crippen molar-refractivity contribution in [3.63, 3.8) is 0 Å². The van der Waals surface area contributed by atoms with Gasteiger partial charge in [-0.05, 0) is 168 Å². The van der Waals surface area contributed by atoms with Crippen molar-refractivity contribution in [2.75, 3.05) is 21.8 Å². The van der Waals surface area contributed by atoms with Gasteiger partial charge in [0.05, 0.1) is 18.5 Å². The molecule has 69 heavy (non-hydrogen) atoms. The van der Waals surface area contributed by atoms with Crippen LogP contribution in [0.3, 0.4) is 0 Å². The van der Waals surface area contributed by atoms with E-state index in [0.29, 0.717) is 0 Å². The lowest BCUT2D eigenvalue weighted by Gasteiger charge is -2.29. The van der Waals surface area contributed by atoms with Gasteiger partial charge in [0.1, 0.15) is 5.75 Å². The zero-order chi connectivity index (χ0) is 47.5. The second kappa shape index (κ2) is 21.5. The van der Waals surface area contributed by atoms with E-state index in [4.69, 9.17) is 4.74 Å². The summed E-state index contributed by atoms with van der Waals surface area (Å²) in [4.78, 5) is 7.05. The lowest BCUT2D eigenvalue weighted by molar-refractivity contribution is 0.415. The molecule has 0 aliphatic carbocycles. The number of aryl methyl sites for hydroxylation is 4. The molecule has 0 fully saturated rings. The van der Waals surface area contributed by atoms with Gasteiger partial charge in [0.2, 0.25) is 0 Å². The SMILES string of the molecule is CCc1cccc(C)c1N(c1ccccc1)c1ccc(C=Cc2ccc(N(c3ccc(C=Cc4ccc(N(c5ccccc5)c5c(C)cccc5CC)cc4)cc3)c3ccc(OC)cc3)cc2)cc1. The van der Waals surface area contributed by atoms with Crippen molar-refractivity contribution >= 4 is 75.5 Å². The molecule has 340 valence electrons.